The fourth-order valence-electron chi connectivity index (χ4n) is 1.37. The van der Waals surface area contributed by atoms with Crippen LogP contribution in [0, 0.1) is 0 Å². The number of hydrogen-bond acceptors (Lipinski definition) is 6. The molecule has 0 amide bonds. The Kier molecular flexibility index (Phi) is 12.5. The average Bonchev–Trinajstić information content (AvgIpc) is 2.36. The van der Waals surface area contributed by atoms with Crippen molar-refractivity contribution in [2.24, 2.45) is 0 Å². The van der Waals surface area contributed by atoms with E-state index in [1.165, 1.54) is 0 Å². The molecule has 0 fully saturated rings. The minimum Gasteiger partial charge on any atom is -1.00 e. The number of ether oxygens (including phenoxy) is 2. The van der Waals surface area contributed by atoms with Gasteiger partial charge in [-0.05, 0) is 13.8 Å². The van der Waals surface area contributed by atoms with Crippen LogP contribution < -0.4 is 22.9 Å². The van der Waals surface area contributed by atoms with Crippen molar-refractivity contribution in [1.82, 2.24) is 4.72 Å². The monoisotopic (exact) mass is 346 g/mol. The highest BCUT2D eigenvalue weighted by molar-refractivity contribution is 7.89. The highest BCUT2D eigenvalue weighted by Crippen LogP contribution is 2.02. The van der Waals surface area contributed by atoms with E-state index >= 15 is 0 Å². The van der Waals surface area contributed by atoms with Crippen molar-refractivity contribution < 1.29 is 45.6 Å². The van der Waals surface area contributed by atoms with Crippen LogP contribution in [0.4, 0.5) is 0 Å². The SMILES string of the molecule is CCOC(=O)CC(NS(=O)(=O)CCC[NH3+])C(=O)OCC.[Cl-]. The van der Waals surface area contributed by atoms with Gasteiger partial charge in [-0.25, -0.2) is 13.1 Å². The largest absolute Gasteiger partial charge is 1.00 e. The van der Waals surface area contributed by atoms with E-state index in [2.05, 4.69) is 10.5 Å². The molecular formula is C11H23ClN2O6S. The minimum atomic E-state index is -3.67. The van der Waals surface area contributed by atoms with Crippen LogP contribution in [0.1, 0.15) is 26.7 Å². The minimum absolute atomic E-state index is 0. The molecule has 0 rings (SSSR count). The number of carbonyl (C=O) groups excluding carboxylic acids is 2. The van der Waals surface area contributed by atoms with Crippen LogP contribution in [-0.4, -0.2) is 51.9 Å². The molecule has 1 unspecified atom stereocenters. The Morgan fingerprint density at radius 1 is 1.19 bits per heavy atom. The van der Waals surface area contributed by atoms with Crippen LogP contribution in [0.25, 0.3) is 0 Å². The van der Waals surface area contributed by atoms with Crippen molar-refractivity contribution in [3.63, 3.8) is 0 Å². The summed E-state index contributed by atoms with van der Waals surface area (Å²) in [4.78, 5) is 23.1. The molecule has 1 atom stereocenters. The zero-order chi connectivity index (χ0) is 15.6. The molecule has 0 aromatic heterocycles. The molecule has 21 heavy (non-hydrogen) atoms. The fourth-order valence-corrected chi connectivity index (χ4v) is 2.69. The molecule has 0 aromatic carbocycles. The van der Waals surface area contributed by atoms with E-state index in [-0.39, 0.29) is 31.4 Å². The van der Waals surface area contributed by atoms with Gasteiger partial charge in [-0.1, -0.05) is 0 Å². The summed E-state index contributed by atoms with van der Waals surface area (Å²) in [6.07, 6.45) is -0.0272. The van der Waals surface area contributed by atoms with Gasteiger partial charge in [0.1, 0.15) is 6.04 Å². The number of nitrogens with one attached hydrogen (secondary N) is 1. The number of halogens is 1. The summed E-state index contributed by atoms with van der Waals surface area (Å²) in [6, 6.07) is -1.26. The van der Waals surface area contributed by atoms with Gasteiger partial charge >= 0.3 is 11.9 Å². The van der Waals surface area contributed by atoms with Crippen molar-refractivity contribution in [2.75, 3.05) is 25.5 Å². The van der Waals surface area contributed by atoms with E-state index in [1.54, 1.807) is 13.8 Å². The zero-order valence-electron chi connectivity index (χ0n) is 12.3. The van der Waals surface area contributed by atoms with Gasteiger partial charge in [0.25, 0.3) is 0 Å². The maximum absolute atomic E-state index is 11.7. The van der Waals surface area contributed by atoms with Crippen molar-refractivity contribution in [1.29, 1.82) is 0 Å². The molecule has 0 radical (unpaired) electrons. The first kappa shape index (κ1) is 22.4. The second-order valence-corrected chi connectivity index (χ2v) is 5.83. The molecule has 0 aromatic rings. The molecule has 126 valence electrons. The second-order valence-electron chi connectivity index (χ2n) is 3.96. The number of quaternary nitrogens is 1. The third-order valence-electron chi connectivity index (χ3n) is 2.23. The Labute approximate surface area is 131 Å². The topological polar surface area (TPSA) is 126 Å². The molecule has 4 N–H and O–H groups in total. The lowest BCUT2D eigenvalue weighted by Gasteiger charge is -2.16. The Hall–Kier alpha value is -0.900. The summed E-state index contributed by atoms with van der Waals surface area (Å²) in [6.45, 7) is 3.93. The highest BCUT2D eigenvalue weighted by atomic mass is 35.5. The van der Waals surface area contributed by atoms with Gasteiger partial charge in [0, 0.05) is 6.42 Å². The predicted molar refractivity (Wildman–Crippen MR) is 71.0 cm³/mol. The van der Waals surface area contributed by atoms with Gasteiger partial charge in [0.05, 0.1) is 31.9 Å². The summed E-state index contributed by atoms with van der Waals surface area (Å²) in [5, 5.41) is 0. The van der Waals surface area contributed by atoms with Crippen LogP contribution in [0.2, 0.25) is 0 Å². The third kappa shape index (κ3) is 10.5. The Morgan fingerprint density at radius 3 is 2.24 bits per heavy atom. The lowest BCUT2D eigenvalue weighted by Crippen LogP contribution is -3.00. The third-order valence-corrected chi connectivity index (χ3v) is 3.70. The molecule has 0 aliphatic carbocycles. The number of esters is 2. The molecular weight excluding hydrogens is 324 g/mol. The van der Waals surface area contributed by atoms with Gasteiger partial charge in [0.15, 0.2) is 0 Å². The van der Waals surface area contributed by atoms with Gasteiger partial charge in [-0.2, -0.15) is 0 Å². The van der Waals surface area contributed by atoms with Gasteiger partial charge in [0.2, 0.25) is 10.0 Å². The van der Waals surface area contributed by atoms with Gasteiger partial charge < -0.3 is 27.6 Å². The summed E-state index contributed by atoms with van der Waals surface area (Å²) in [5.41, 5.74) is 3.55. The average molecular weight is 347 g/mol. The summed E-state index contributed by atoms with van der Waals surface area (Å²) in [5.74, 6) is -1.61. The number of hydrogen-bond donors (Lipinski definition) is 2. The zero-order valence-corrected chi connectivity index (χ0v) is 13.8. The molecule has 0 spiro atoms. The van der Waals surface area contributed by atoms with Crippen molar-refractivity contribution in [2.45, 2.75) is 32.7 Å². The van der Waals surface area contributed by atoms with E-state index in [0.29, 0.717) is 13.0 Å². The molecule has 0 saturated carbocycles. The van der Waals surface area contributed by atoms with Crippen molar-refractivity contribution >= 4 is 22.0 Å². The molecule has 0 aliphatic rings. The number of rotatable bonds is 10. The van der Waals surface area contributed by atoms with E-state index in [1.807, 2.05) is 0 Å². The first-order chi connectivity index (χ1) is 9.36. The van der Waals surface area contributed by atoms with Crippen LogP contribution in [-0.2, 0) is 29.1 Å². The molecule has 0 heterocycles. The predicted octanol–water partition coefficient (Wildman–Crippen LogP) is -4.57. The lowest BCUT2D eigenvalue weighted by atomic mass is 10.2. The van der Waals surface area contributed by atoms with E-state index in [4.69, 9.17) is 9.47 Å². The van der Waals surface area contributed by atoms with E-state index in [9.17, 15) is 18.0 Å². The maximum Gasteiger partial charge on any atom is 0.324 e. The van der Waals surface area contributed by atoms with Gasteiger partial charge in [-0.3, -0.25) is 9.59 Å². The first-order valence-corrected chi connectivity index (χ1v) is 8.13. The molecule has 0 aliphatic heterocycles. The van der Waals surface area contributed by atoms with Crippen LogP contribution in [0.15, 0.2) is 0 Å². The molecule has 0 saturated heterocycles. The fraction of sp³-hybridized carbons (Fsp3) is 0.818. The van der Waals surface area contributed by atoms with Gasteiger partial charge in [-0.15, -0.1) is 0 Å². The highest BCUT2D eigenvalue weighted by Gasteiger charge is 2.28. The summed E-state index contributed by atoms with van der Waals surface area (Å²) in [7, 11) is -3.67. The molecule has 8 nitrogen and oxygen atoms in total. The van der Waals surface area contributed by atoms with Crippen LogP contribution in [0.5, 0.6) is 0 Å². The standard InChI is InChI=1S/C11H22N2O6S.ClH/c1-3-18-10(14)8-9(11(15)19-4-2)13-20(16,17)7-5-6-12;/h9,13H,3-8,12H2,1-2H3;1H. The maximum atomic E-state index is 11.7. The Morgan fingerprint density at radius 2 is 1.76 bits per heavy atom. The Bertz CT molecular complexity index is 415. The van der Waals surface area contributed by atoms with E-state index in [0.717, 1.165) is 0 Å². The quantitative estimate of drug-likeness (QED) is 0.383. The smallest absolute Gasteiger partial charge is 0.324 e. The Balaban J connectivity index is 0. The van der Waals surface area contributed by atoms with Crippen LogP contribution in [0.3, 0.4) is 0 Å². The van der Waals surface area contributed by atoms with Crippen LogP contribution >= 0.6 is 0 Å². The van der Waals surface area contributed by atoms with Crippen molar-refractivity contribution in [3.05, 3.63) is 0 Å². The molecule has 0 bridgehead atoms. The van der Waals surface area contributed by atoms with E-state index < -0.39 is 34.4 Å². The lowest BCUT2D eigenvalue weighted by molar-refractivity contribution is -0.367. The molecule has 10 heteroatoms. The van der Waals surface area contributed by atoms with Crippen molar-refractivity contribution in [3.8, 4) is 0 Å². The second kappa shape index (κ2) is 11.7. The normalized spacial score (nSPS) is 12.1. The first-order valence-electron chi connectivity index (χ1n) is 6.47. The summed E-state index contributed by atoms with van der Waals surface area (Å²) >= 11 is 0. The number of sulfonamides is 1. The summed E-state index contributed by atoms with van der Waals surface area (Å²) < 4.78 is 35.1. The number of carbonyl (C=O) groups is 2.